The van der Waals surface area contributed by atoms with Crippen molar-refractivity contribution in [3.63, 3.8) is 0 Å². The predicted octanol–water partition coefficient (Wildman–Crippen LogP) is 3.91. The lowest BCUT2D eigenvalue weighted by Gasteiger charge is -2.31. The van der Waals surface area contributed by atoms with Crippen molar-refractivity contribution < 1.29 is 22.7 Å². The van der Waals surface area contributed by atoms with Gasteiger partial charge in [0.05, 0.1) is 10.6 Å². The smallest absolute Gasteiger partial charge is 0.265 e. The van der Waals surface area contributed by atoms with Gasteiger partial charge in [0.25, 0.3) is 5.91 Å². The summed E-state index contributed by atoms with van der Waals surface area (Å²) in [6, 6.07) is 16.7. The van der Waals surface area contributed by atoms with Crippen molar-refractivity contribution >= 4 is 44.0 Å². The molecule has 5 rings (SSSR count). The lowest BCUT2D eigenvalue weighted by atomic mass is 9.97. The van der Waals surface area contributed by atoms with E-state index in [1.54, 1.807) is 19.9 Å². The number of carbonyl (C=O) groups excluding carboxylic acids is 2. The third-order valence-corrected chi connectivity index (χ3v) is 8.74. The molecule has 2 aliphatic rings. The Bertz CT molecular complexity index is 1420. The fourth-order valence-corrected chi connectivity index (χ4v) is 6.38. The fourth-order valence-electron chi connectivity index (χ4n) is 4.69. The van der Waals surface area contributed by atoms with Gasteiger partial charge in [0, 0.05) is 36.1 Å². The van der Waals surface area contributed by atoms with Crippen molar-refractivity contribution in [1.82, 2.24) is 4.31 Å². The Hall–Kier alpha value is -3.43. The van der Waals surface area contributed by atoms with Crippen LogP contribution in [0.25, 0.3) is 10.8 Å². The first-order chi connectivity index (χ1) is 16.7. The summed E-state index contributed by atoms with van der Waals surface area (Å²) in [5.74, 6) is -0.298. The fraction of sp³-hybridized carbons (Fsp3) is 0.308. The number of amides is 2. The standard InChI is InChI=1S/C26H27N3O5S/c1-16-14-22-23(34-17(2)25(30)28-22)15-24(16)35(32,33)29-12-10-19(11-13-29)26(31)27-21-9-5-7-18-6-3-4-8-20(18)21/h3-9,14-15,17,19H,10-13H2,1-2H3,(H,27,31)(H,28,30)/t17-/m1/s1. The van der Waals surface area contributed by atoms with Gasteiger partial charge >= 0.3 is 0 Å². The Morgan fingerprint density at radius 1 is 1.09 bits per heavy atom. The number of benzene rings is 3. The van der Waals surface area contributed by atoms with Crippen molar-refractivity contribution in [1.29, 1.82) is 0 Å². The minimum atomic E-state index is -3.79. The molecule has 2 heterocycles. The molecule has 0 saturated carbocycles. The Balaban J connectivity index is 1.29. The molecule has 0 bridgehead atoms. The quantitative estimate of drug-likeness (QED) is 0.574. The van der Waals surface area contributed by atoms with Crippen LogP contribution in [0.4, 0.5) is 11.4 Å². The molecule has 3 aromatic carbocycles. The van der Waals surface area contributed by atoms with Crippen LogP contribution in [-0.4, -0.2) is 43.7 Å². The minimum absolute atomic E-state index is 0.0958. The Morgan fingerprint density at radius 2 is 1.80 bits per heavy atom. The average molecular weight is 494 g/mol. The summed E-state index contributed by atoms with van der Waals surface area (Å²) in [5.41, 5.74) is 1.75. The Morgan fingerprint density at radius 3 is 2.57 bits per heavy atom. The van der Waals surface area contributed by atoms with Gasteiger partial charge in [-0.25, -0.2) is 8.42 Å². The molecule has 0 aliphatic carbocycles. The predicted molar refractivity (Wildman–Crippen MR) is 134 cm³/mol. The van der Waals surface area contributed by atoms with Crippen LogP contribution in [-0.2, 0) is 19.6 Å². The largest absolute Gasteiger partial charge is 0.479 e. The summed E-state index contributed by atoms with van der Waals surface area (Å²) in [4.78, 5) is 25.0. The zero-order chi connectivity index (χ0) is 24.7. The molecule has 9 heteroatoms. The summed E-state index contributed by atoms with van der Waals surface area (Å²) >= 11 is 0. The van der Waals surface area contributed by atoms with E-state index in [1.807, 2.05) is 42.5 Å². The topological polar surface area (TPSA) is 105 Å². The van der Waals surface area contributed by atoms with Gasteiger partial charge in [-0.15, -0.1) is 0 Å². The molecule has 1 fully saturated rings. The molecule has 8 nitrogen and oxygen atoms in total. The number of nitrogens with zero attached hydrogens (tertiary/aromatic N) is 1. The molecule has 2 amide bonds. The number of aryl methyl sites for hydroxylation is 1. The van der Waals surface area contributed by atoms with Gasteiger partial charge in [0.15, 0.2) is 6.10 Å². The molecule has 0 radical (unpaired) electrons. The van der Waals surface area contributed by atoms with E-state index in [-0.39, 0.29) is 35.7 Å². The second-order valence-electron chi connectivity index (χ2n) is 9.06. The minimum Gasteiger partial charge on any atom is -0.479 e. The lowest BCUT2D eigenvalue weighted by Crippen LogP contribution is -2.41. The average Bonchev–Trinajstić information content (AvgIpc) is 2.85. The van der Waals surface area contributed by atoms with E-state index in [9.17, 15) is 18.0 Å². The number of nitrogens with one attached hydrogen (secondary N) is 2. The first-order valence-electron chi connectivity index (χ1n) is 11.6. The van der Waals surface area contributed by atoms with E-state index >= 15 is 0 Å². The van der Waals surface area contributed by atoms with Crippen molar-refractivity contribution in [2.75, 3.05) is 23.7 Å². The molecule has 2 N–H and O–H groups in total. The van der Waals surface area contributed by atoms with Crippen LogP contribution in [0, 0.1) is 12.8 Å². The third-order valence-electron chi connectivity index (χ3n) is 6.70. The van der Waals surface area contributed by atoms with Gasteiger partial charge in [0.2, 0.25) is 15.9 Å². The second-order valence-corrected chi connectivity index (χ2v) is 11.0. The summed E-state index contributed by atoms with van der Waals surface area (Å²) in [6.45, 7) is 3.81. The molecule has 1 atom stereocenters. The number of hydrogen-bond acceptors (Lipinski definition) is 5. The highest BCUT2D eigenvalue weighted by molar-refractivity contribution is 7.89. The molecular weight excluding hydrogens is 466 g/mol. The highest BCUT2D eigenvalue weighted by atomic mass is 32.2. The maximum absolute atomic E-state index is 13.4. The van der Waals surface area contributed by atoms with Crippen LogP contribution < -0.4 is 15.4 Å². The van der Waals surface area contributed by atoms with Gasteiger partial charge in [-0.3, -0.25) is 9.59 Å². The van der Waals surface area contributed by atoms with Crippen LogP contribution in [0.15, 0.2) is 59.5 Å². The van der Waals surface area contributed by atoms with Crippen molar-refractivity contribution in [2.24, 2.45) is 5.92 Å². The molecular formula is C26H27N3O5S. The van der Waals surface area contributed by atoms with E-state index in [4.69, 9.17) is 4.74 Å². The van der Waals surface area contributed by atoms with E-state index in [0.29, 0.717) is 29.8 Å². The summed E-state index contributed by atoms with van der Waals surface area (Å²) in [5, 5.41) is 7.79. The molecule has 2 aliphatic heterocycles. The number of ether oxygens (including phenoxy) is 1. The highest BCUT2D eigenvalue weighted by Gasteiger charge is 2.34. The van der Waals surface area contributed by atoms with Crippen molar-refractivity contribution in [3.8, 4) is 5.75 Å². The highest BCUT2D eigenvalue weighted by Crippen LogP contribution is 2.36. The number of sulfonamides is 1. The molecule has 35 heavy (non-hydrogen) atoms. The SMILES string of the molecule is Cc1cc2c(cc1S(=O)(=O)N1CCC(C(=O)Nc3cccc4ccccc34)CC1)O[C@H](C)C(=O)N2. The van der Waals surface area contributed by atoms with Crippen LogP contribution in [0.1, 0.15) is 25.3 Å². The zero-order valence-electron chi connectivity index (χ0n) is 19.6. The van der Waals surface area contributed by atoms with Crippen LogP contribution >= 0.6 is 0 Å². The van der Waals surface area contributed by atoms with Crippen molar-refractivity contribution in [3.05, 3.63) is 60.2 Å². The van der Waals surface area contributed by atoms with Gasteiger partial charge < -0.3 is 15.4 Å². The van der Waals surface area contributed by atoms with Crippen LogP contribution in [0.3, 0.4) is 0 Å². The monoisotopic (exact) mass is 493 g/mol. The first-order valence-corrected chi connectivity index (χ1v) is 13.1. The number of rotatable bonds is 4. The molecule has 3 aromatic rings. The number of piperidine rings is 1. The number of hydrogen-bond donors (Lipinski definition) is 2. The van der Waals surface area contributed by atoms with Gasteiger partial charge in [0.1, 0.15) is 5.75 Å². The Labute approximate surface area is 204 Å². The maximum Gasteiger partial charge on any atom is 0.265 e. The molecule has 0 aromatic heterocycles. The zero-order valence-corrected chi connectivity index (χ0v) is 20.4. The van der Waals surface area contributed by atoms with Crippen LogP contribution in [0.2, 0.25) is 0 Å². The van der Waals surface area contributed by atoms with Gasteiger partial charge in [-0.1, -0.05) is 36.4 Å². The molecule has 0 spiro atoms. The lowest BCUT2D eigenvalue weighted by molar-refractivity contribution is -0.123. The number of fused-ring (bicyclic) bond motifs is 2. The van der Waals surface area contributed by atoms with E-state index in [2.05, 4.69) is 10.6 Å². The summed E-state index contributed by atoms with van der Waals surface area (Å²) in [6.07, 6.45) is 0.170. The molecule has 1 saturated heterocycles. The Kier molecular flexibility index (Phi) is 5.98. The van der Waals surface area contributed by atoms with E-state index in [0.717, 1.165) is 16.5 Å². The van der Waals surface area contributed by atoms with Crippen molar-refractivity contribution in [2.45, 2.75) is 37.7 Å². The first kappa shape index (κ1) is 23.3. The van der Waals surface area contributed by atoms with Crippen LogP contribution in [0.5, 0.6) is 5.75 Å². The second kappa shape index (κ2) is 8.98. The summed E-state index contributed by atoms with van der Waals surface area (Å²) < 4.78 is 33.9. The van der Waals surface area contributed by atoms with E-state index < -0.39 is 16.1 Å². The molecule has 0 unspecified atom stereocenters. The number of carbonyl (C=O) groups is 2. The number of anilines is 2. The normalized spacial score (nSPS) is 19.0. The molecule has 182 valence electrons. The maximum atomic E-state index is 13.4. The van der Waals surface area contributed by atoms with E-state index in [1.165, 1.54) is 10.4 Å². The van der Waals surface area contributed by atoms with Gasteiger partial charge in [-0.2, -0.15) is 4.31 Å². The van der Waals surface area contributed by atoms with Gasteiger partial charge in [-0.05, 0) is 49.8 Å². The third kappa shape index (κ3) is 4.37. The summed E-state index contributed by atoms with van der Waals surface area (Å²) in [7, 11) is -3.79.